The summed E-state index contributed by atoms with van der Waals surface area (Å²) in [5, 5.41) is 0. The van der Waals surface area contributed by atoms with Crippen molar-refractivity contribution in [3.8, 4) is 0 Å². The molecule has 0 aliphatic heterocycles. The number of rotatable bonds is 53. The van der Waals surface area contributed by atoms with Crippen molar-refractivity contribution < 1.29 is 28.6 Å². The van der Waals surface area contributed by atoms with E-state index in [9.17, 15) is 14.4 Å². The molecule has 0 spiro atoms. The third kappa shape index (κ3) is 58.6. The summed E-state index contributed by atoms with van der Waals surface area (Å²) < 4.78 is 16.8. The maximum atomic E-state index is 12.9. The van der Waals surface area contributed by atoms with Crippen molar-refractivity contribution in [3.05, 3.63) is 122 Å². The van der Waals surface area contributed by atoms with E-state index >= 15 is 0 Å². The van der Waals surface area contributed by atoms with E-state index in [2.05, 4.69) is 136 Å². The second-order valence-electron chi connectivity index (χ2n) is 19.5. The van der Waals surface area contributed by atoms with Crippen molar-refractivity contribution in [2.24, 2.45) is 0 Å². The Labute approximate surface area is 450 Å². The lowest BCUT2D eigenvalue weighted by atomic mass is 10.1. The van der Waals surface area contributed by atoms with E-state index in [4.69, 9.17) is 14.2 Å². The number of unbranched alkanes of at least 4 members (excludes halogenated alkanes) is 22. The van der Waals surface area contributed by atoms with Crippen LogP contribution in [0.4, 0.5) is 0 Å². The highest BCUT2D eigenvalue weighted by Gasteiger charge is 2.19. The van der Waals surface area contributed by atoms with Crippen LogP contribution < -0.4 is 0 Å². The Morgan fingerprint density at radius 3 is 0.959 bits per heavy atom. The van der Waals surface area contributed by atoms with Gasteiger partial charge in [0.2, 0.25) is 0 Å². The summed E-state index contributed by atoms with van der Waals surface area (Å²) in [6.45, 7) is 6.42. The SMILES string of the molecule is CC/C=C\C/C=C\C/C=C\C/C=C\C/C=C\C/C=C\CCC(=O)OCC(COC(=O)CCCCCCCCC/C=C\CCCCCCCC)OC(=O)CCCCCCCC/C=C\C/C=C\C/C=C\CCCCC. The van der Waals surface area contributed by atoms with Gasteiger partial charge in [-0.25, -0.2) is 0 Å². The van der Waals surface area contributed by atoms with Crippen LogP contribution in [-0.2, 0) is 28.6 Å². The number of hydrogen-bond donors (Lipinski definition) is 0. The Balaban J connectivity index is 4.54. The van der Waals surface area contributed by atoms with Gasteiger partial charge in [0.1, 0.15) is 13.2 Å². The number of hydrogen-bond acceptors (Lipinski definition) is 6. The van der Waals surface area contributed by atoms with Crippen LogP contribution in [0.1, 0.15) is 265 Å². The third-order valence-electron chi connectivity index (χ3n) is 12.4. The first-order valence-corrected chi connectivity index (χ1v) is 30.0. The number of ether oxygens (including phenoxy) is 3. The average molecular weight is 1010 g/mol. The predicted molar refractivity (Wildman–Crippen MR) is 316 cm³/mol. The maximum Gasteiger partial charge on any atom is 0.306 e. The van der Waals surface area contributed by atoms with Gasteiger partial charge in [0.15, 0.2) is 6.10 Å². The summed E-state index contributed by atoms with van der Waals surface area (Å²) in [5.41, 5.74) is 0. The van der Waals surface area contributed by atoms with Gasteiger partial charge in [-0.1, -0.05) is 245 Å². The number of esters is 3. The monoisotopic (exact) mass is 1010 g/mol. The minimum Gasteiger partial charge on any atom is -0.462 e. The van der Waals surface area contributed by atoms with Gasteiger partial charge in [-0.05, 0) is 122 Å². The largest absolute Gasteiger partial charge is 0.462 e. The molecule has 0 rings (SSSR count). The van der Waals surface area contributed by atoms with Gasteiger partial charge in [-0.3, -0.25) is 14.4 Å². The fraction of sp³-hybridized carbons (Fsp3) is 0.657. The Hall–Kier alpha value is -4.19. The molecule has 6 heteroatoms. The second-order valence-corrected chi connectivity index (χ2v) is 19.5. The van der Waals surface area contributed by atoms with Gasteiger partial charge >= 0.3 is 17.9 Å². The van der Waals surface area contributed by atoms with Gasteiger partial charge in [0.25, 0.3) is 0 Å². The van der Waals surface area contributed by atoms with E-state index in [0.29, 0.717) is 19.3 Å². The van der Waals surface area contributed by atoms with Crippen molar-refractivity contribution in [2.75, 3.05) is 13.2 Å². The molecular formula is C67H110O6. The minimum atomic E-state index is -0.822. The van der Waals surface area contributed by atoms with Crippen LogP contribution >= 0.6 is 0 Å². The van der Waals surface area contributed by atoms with Gasteiger partial charge in [-0.15, -0.1) is 0 Å². The van der Waals surface area contributed by atoms with E-state index in [1.807, 2.05) is 6.08 Å². The fourth-order valence-electron chi connectivity index (χ4n) is 7.94. The minimum absolute atomic E-state index is 0.111. The van der Waals surface area contributed by atoms with Crippen LogP contribution in [0.2, 0.25) is 0 Å². The standard InChI is InChI=1S/C67H110O6/c1-4-7-10-13-16-19-22-25-28-31-33-36-39-42-45-48-51-54-57-60-66(69)72-63-64(62-71-65(68)59-56-53-50-47-44-41-38-35-30-27-24-21-18-15-12-9-6-3)73-67(70)61-58-55-52-49-46-43-40-37-34-32-29-26-23-20-17-14-11-8-5-2/h7,10,16-17,19-20,25-30,33-34,36-37,42,45,51,54,64H,4-6,8-9,11-15,18,21-24,31-32,35,38-41,43-44,46-50,52-53,55-63H2,1-3H3/b10-7-,19-16-,20-17-,28-25-,29-26-,30-27-,36-33-,37-34-,45-42-,54-51-. The van der Waals surface area contributed by atoms with Crippen molar-refractivity contribution in [2.45, 2.75) is 271 Å². The number of carbonyl (C=O) groups excluding carboxylic acids is 3. The molecule has 0 aliphatic carbocycles. The summed E-state index contributed by atoms with van der Waals surface area (Å²) >= 11 is 0. The Morgan fingerprint density at radius 1 is 0.288 bits per heavy atom. The molecule has 0 aromatic carbocycles. The van der Waals surface area contributed by atoms with Crippen LogP contribution in [0.5, 0.6) is 0 Å². The molecule has 0 aromatic heterocycles. The lowest BCUT2D eigenvalue weighted by molar-refractivity contribution is -0.166. The molecule has 0 aromatic rings. The molecule has 0 amide bonds. The molecule has 73 heavy (non-hydrogen) atoms. The smallest absolute Gasteiger partial charge is 0.306 e. The van der Waals surface area contributed by atoms with Gasteiger partial charge in [0.05, 0.1) is 0 Å². The summed E-state index contributed by atoms with van der Waals surface area (Å²) in [5.74, 6) is -1.02. The zero-order valence-corrected chi connectivity index (χ0v) is 47.4. The van der Waals surface area contributed by atoms with Crippen LogP contribution in [-0.4, -0.2) is 37.2 Å². The summed E-state index contributed by atoms with van der Waals surface area (Å²) in [7, 11) is 0. The number of allylic oxidation sites excluding steroid dienone is 20. The van der Waals surface area contributed by atoms with Crippen LogP contribution in [0.15, 0.2) is 122 Å². The Bertz CT molecular complexity index is 1540. The molecule has 0 heterocycles. The van der Waals surface area contributed by atoms with E-state index < -0.39 is 6.10 Å². The van der Waals surface area contributed by atoms with E-state index in [0.717, 1.165) is 103 Å². The van der Waals surface area contributed by atoms with E-state index in [-0.39, 0.29) is 37.5 Å². The summed E-state index contributed by atoms with van der Waals surface area (Å²) in [6, 6.07) is 0. The first kappa shape index (κ1) is 68.8. The van der Waals surface area contributed by atoms with Crippen molar-refractivity contribution in [3.63, 3.8) is 0 Å². The fourth-order valence-corrected chi connectivity index (χ4v) is 7.94. The summed E-state index contributed by atoms with van der Waals surface area (Å²) in [4.78, 5) is 38.2. The van der Waals surface area contributed by atoms with Crippen LogP contribution in [0.25, 0.3) is 0 Å². The normalized spacial score (nSPS) is 13.0. The average Bonchev–Trinajstić information content (AvgIpc) is 3.39. The first-order chi connectivity index (χ1) is 36.0. The maximum absolute atomic E-state index is 12.9. The van der Waals surface area contributed by atoms with E-state index in [1.165, 1.54) is 116 Å². The molecule has 1 atom stereocenters. The van der Waals surface area contributed by atoms with Crippen molar-refractivity contribution in [1.82, 2.24) is 0 Å². The summed E-state index contributed by atoms with van der Waals surface area (Å²) in [6.07, 6.45) is 83.4. The highest BCUT2D eigenvalue weighted by Crippen LogP contribution is 2.14. The number of carbonyl (C=O) groups is 3. The third-order valence-corrected chi connectivity index (χ3v) is 12.4. The van der Waals surface area contributed by atoms with Crippen LogP contribution in [0, 0.1) is 0 Å². The molecule has 0 saturated carbocycles. The molecule has 0 bridgehead atoms. The lowest BCUT2D eigenvalue weighted by Gasteiger charge is -2.18. The predicted octanol–water partition coefficient (Wildman–Crippen LogP) is 20.4. The lowest BCUT2D eigenvalue weighted by Crippen LogP contribution is -2.30. The molecule has 0 saturated heterocycles. The van der Waals surface area contributed by atoms with Crippen molar-refractivity contribution in [1.29, 1.82) is 0 Å². The molecule has 1 unspecified atom stereocenters. The molecular weight excluding hydrogens is 901 g/mol. The van der Waals surface area contributed by atoms with Crippen LogP contribution in [0.3, 0.4) is 0 Å². The molecule has 0 N–H and O–H groups in total. The molecule has 0 fully saturated rings. The molecule has 6 nitrogen and oxygen atoms in total. The topological polar surface area (TPSA) is 78.9 Å². The van der Waals surface area contributed by atoms with E-state index in [1.54, 1.807) is 0 Å². The van der Waals surface area contributed by atoms with Gasteiger partial charge in [0, 0.05) is 19.3 Å². The Kier molecular flexibility index (Phi) is 56.9. The zero-order valence-electron chi connectivity index (χ0n) is 47.4. The molecule has 414 valence electrons. The second kappa shape index (κ2) is 60.4. The van der Waals surface area contributed by atoms with Crippen molar-refractivity contribution >= 4 is 17.9 Å². The zero-order chi connectivity index (χ0) is 52.9. The quantitative estimate of drug-likeness (QED) is 0.0261. The highest BCUT2D eigenvalue weighted by atomic mass is 16.6. The molecule has 0 radical (unpaired) electrons. The van der Waals surface area contributed by atoms with Gasteiger partial charge < -0.3 is 14.2 Å². The highest BCUT2D eigenvalue weighted by molar-refractivity contribution is 5.71. The Morgan fingerprint density at radius 2 is 0.562 bits per heavy atom. The van der Waals surface area contributed by atoms with Gasteiger partial charge in [-0.2, -0.15) is 0 Å². The molecule has 0 aliphatic rings. The first-order valence-electron chi connectivity index (χ1n) is 30.0.